The summed E-state index contributed by atoms with van der Waals surface area (Å²) >= 11 is 0. The molecule has 206 valence electrons. The molecule has 0 amide bonds. The molecule has 0 spiro atoms. The molecule has 0 aromatic carbocycles. The Bertz CT molecular complexity index is 946. The Labute approximate surface area is 207 Å². The van der Waals surface area contributed by atoms with Crippen molar-refractivity contribution in [3.05, 3.63) is 0 Å². The van der Waals surface area contributed by atoms with Crippen molar-refractivity contribution in [3.63, 3.8) is 0 Å². The Morgan fingerprint density at radius 2 is 1.72 bits per heavy atom. The lowest BCUT2D eigenvalue weighted by Gasteiger charge is -2.39. The smallest absolute Gasteiger partial charge is 0.405 e. The third-order valence-electron chi connectivity index (χ3n) is 6.65. The number of ether oxygens (including phenoxy) is 4. The number of carbonyl (C=O) groups excluding carboxylic acids is 4. The van der Waals surface area contributed by atoms with Crippen LogP contribution in [0.5, 0.6) is 0 Å². The van der Waals surface area contributed by atoms with Crippen molar-refractivity contribution in [2.24, 2.45) is 5.92 Å². The molecule has 0 aromatic rings. The second-order valence-corrected chi connectivity index (χ2v) is 10.7. The maximum absolute atomic E-state index is 13.4. The Hall–Kier alpha value is -2.35. The van der Waals surface area contributed by atoms with Crippen LogP contribution in [0.2, 0.25) is 0 Å². The van der Waals surface area contributed by atoms with Gasteiger partial charge in [0.25, 0.3) is 0 Å². The van der Waals surface area contributed by atoms with E-state index in [0.717, 1.165) is 32.1 Å². The highest BCUT2D eigenvalue weighted by Gasteiger charge is 2.52. The summed E-state index contributed by atoms with van der Waals surface area (Å²) in [7, 11) is -5.82. The first kappa shape index (κ1) is 29.9. The molecule has 14 heteroatoms. The SMILES string of the molecule is CCC(C)(OC(=O)C1CC(OC(=O)CCC(=O)OC(C)C(F)(F)S(=O)(=O)O)C(=O)O1)C1CCCCC1. The van der Waals surface area contributed by atoms with Gasteiger partial charge in [0.1, 0.15) is 5.60 Å². The monoisotopic (exact) mass is 542 g/mol. The highest BCUT2D eigenvalue weighted by Crippen LogP contribution is 2.38. The molecule has 1 aliphatic carbocycles. The van der Waals surface area contributed by atoms with E-state index in [1.165, 1.54) is 0 Å². The molecule has 1 N–H and O–H groups in total. The number of rotatable bonds is 11. The molecule has 4 atom stereocenters. The molecule has 2 aliphatic rings. The minimum atomic E-state index is -5.82. The molecule has 2 fully saturated rings. The van der Waals surface area contributed by atoms with Crippen LogP contribution < -0.4 is 0 Å². The number of carbonyl (C=O) groups is 4. The lowest BCUT2D eigenvalue weighted by Crippen LogP contribution is -2.42. The van der Waals surface area contributed by atoms with Crippen LogP contribution in [0.15, 0.2) is 0 Å². The summed E-state index contributed by atoms with van der Waals surface area (Å²) < 4.78 is 76.7. The van der Waals surface area contributed by atoms with Gasteiger partial charge >= 0.3 is 39.2 Å². The third kappa shape index (κ3) is 7.34. The largest absolute Gasteiger partial charge is 0.456 e. The minimum Gasteiger partial charge on any atom is -0.456 e. The fraction of sp³-hybridized carbons (Fsp3) is 0.818. The van der Waals surface area contributed by atoms with Crippen molar-refractivity contribution in [2.45, 2.75) is 108 Å². The van der Waals surface area contributed by atoms with Crippen molar-refractivity contribution >= 4 is 34.0 Å². The second-order valence-electron chi connectivity index (χ2n) is 9.23. The van der Waals surface area contributed by atoms with Gasteiger partial charge < -0.3 is 18.9 Å². The van der Waals surface area contributed by atoms with E-state index in [4.69, 9.17) is 18.8 Å². The van der Waals surface area contributed by atoms with Gasteiger partial charge in [0, 0.05) is 6.42 Å². The molecular formula is C22H32F2O11S. The first-order valence-electron chi connectivity index (χ1n) is 11.8. The Morgan fingerprint density at radius 1 is 1.14 bits per heavy atom. The maximum atomic E-state index is 13.4. The number of esters is 4. The van der Waals surface area contributed by atoms with Crippen molar-refractivity contribution in [2.75, 3.05) is 0 Å². The number of hydrogen-bond acceptors (Lipinski definition) is 10. The molecule has 1 saturated carbocycles. The fourth-order valence-electron chi connectivity index (χ4n) is 4.20. The number of cyclic esters (lactones) is 1. The van der Waals surface area contributed by atoms with Gasteiger partial charge in [-0.15, -0.1) is 0 Å². The average Bonchev–Trinajstić information content (AvgIpc) is 3.17. The zero-order valence-electron chi connectivity index (χ0n) is 20.4. The van der Waals surface area contributed by atoms with E-state index < -0.39 is 76.0 Å². The lowest BCUT2D eigenvalue weighted by atomic mass is 9.76. The van der Waals surface area contributed by atoms with Crippen molar-refractivity contribution in [1.29, 1.82) is 0 Å². The standard InChI is InChI=1S/C22H32F2O11S/c1-4-21(3,14-8-6-5-7-9-14)35-20(28)16-12-15(19(27)34-16)33-18(26)11-10-17(25)32-13(2)22(23,24)36(29,30)31/h13-16H,4-12H2,1-3H3,(H,29,30,31). The first-order valence-corrected chi connectivity index (χ1v) is 13.2. The van der Waals surface area contributed by atoms with Gasteiger partial charge in [-0.2, -0.15) is 17.2 Å². The van der Waals surface area contributed by atoms with Crippen LogP contribution in [0, 0.1) is 5.92 Å². The van der Waals surface area contributed by atoms with E-state index in [1.54, 1.807) is 0 Å². The summed E-state index contributed by atoms with van der Waals surface area (Å²) in [5.74, 6) is -3.96. The maximum Gasteiger partial charge on any atom is 0.405 e. The zero-order chi connectivity index (χ0) is 27.3. The number of alkyl halides is 2. The van der Waals surface area contributed by atoms with E-state index in [2.05, 4.69) is 4.74 Å². The molecule has 1 heterocycles. The summed E-state index contributed by atoms with van der Waals surface area (Å²) in [5, 5.41) is -4.74. The lowest BCUT2D eigenvalue weighted by molar-refractivity contribution is -0.179. The van der Waals surface area contributed by atoms with Crippen LogP contribution in [-0.4, -0.2) is 66.0 Å². The quantitative estimate of drug-likeness (QED) is 0.232. The first-order chi connectivity index (χ1) is 16.6. The molecule has 0 bridgehead atoms. The van der Waals surface area contributed by atoms with Crippen molar-refractivity contribution in [1.82, 2.24) is 0 Å². The Kier molecular flexibility index (Phi) is 9.79. The third-order valence-corrected chi connectivity index (χ3v) is 7.67. The van der Waals surface area contributed by atoms with Crippen LogP contribution in [-0.2, 0) is 48.2 Å². The molecule has 11 nitrogen and oxygen atoms in total. The van der Waals surface area contributed by atoms with Crippen molar-refractivity contribution < 1.29 is 59.9 Å². The second kappa shape index (κ2) is 11.8. The summed E-state index contributed by atoms with van der Waals surface area (Å²) in [5.41, 5.74) is -0.720. The van der Waals surface area contributed by atoms with Gasteiger partial charge in [0.05, 0.1) is 12.8 Å². The van der Waals surface area contributed by atoms with E-state index in [0.29, 0.717) is 13.3 Å². The molecule has 0 radical (unpaired) electrons. The van der Waals surface area contributed by atoms with Gasteiger partial charge in [-0.1, -0.05) is 26.2 Å². The van der Waals surface area contributed by atoms with Gasteiger partial charge in [0.2, 0.25) is 12.2 Å². The minimum absolute atomic E-state index is 0.186. The van der Waals surface area contributed by atoms with Gasteiger partial charge in [0.15, 0.2) is 6.10 Å². The Morgan fingerprint density at radius 3 is 2.28 bits per heavy atom. The predicted octanol–water partition coefficient (Wildman–Crippen LogP) is 2.70. The predicted molar refractivity (Wildman–Crippen MR) is 117 cm³/mol. The van der Waals surface area contributed by atoms with E-state index in [9.17, 15) is 36.4 Å². The fourth-order valence-corrected chi connectivity index (χ4v) is 4.67. The van der Waals surface area contributed by atoms with Crippen LogP contribution >= 0.6 is 0 Å². The molecule has 1 aliphatic heterocycles. The van der Waals surface area contributed by atoms with Crippen LogP contribution in [0.1, 0.15) is 78.6 Å². The molecule has 2 rings (SSSR count). The summed E-state index contributed by atoms with van der Waals surface area (Å²) in [6, 6.07) is 0. The number of hydrogen-bond donors (Lipinski definition) is 1. The number of halogens is 2. The van der Waals surface area contributed by atoms with E-state index in [-0.39, 0.29) is 12.3 Å². The van der Waals surface area contributed by atoms with Crippen LogP contribution in [0.4, 0.5) is 8.78 Å². The van der Waals surface area contributed by atoms with Gasteiger partial charge in [-0.25, -0.2) is 9.59 Å². The van der Waals surface area contributed by atoms with Gasteiger partial charge in [-0.3, -0.25) is 14.1 Å². The average molecular weight is 543 g/mol. The molecule has 1 saturated heterocycles. The van der Waals surface area contributed by atoms with Gasteiger partial charge in [-0.05, 0) is 39.0 Å². The van der Waals surface area contributed by atoms with E-state index in [1.807, 2.05) is 13.8 Å². The van der Waals surface area contributed by atoms with Crippen LogP contribution in [0.3, 0.4) is 0 Å². The van der Waals surface area contributed by atoms with Crippen LogP contribution in [0.25, 0.3) is 0 Å². The highest BCUT2D eigenvalue weighted by atomic mass is 32.2. The topological polar surface area (TPSA) is 160 Å². The Balaban J connectivity index is 1.84. The summed E-state index contributed by atoms with van der Waals surface area (Å²) in [6.07, 6.45) is -1.29. The van der Waals surface area contributed by atoms with E-state index >= 15 is 0 Å². The highest BCUT2D eigenvalue weighted by molar-refractivity contribution is 7.86. The molecule has 0 aromatic heterocycles. The molecule has 4 unspecified atom stereocenters. The normalized spacial score (nSPS) is 23.8. The van der Waals surface area contributed by atoms with Crippen molar-refractivity contribution in [3.8, 4) is 0 Å². The summed E-state index contributed by atoms with van der Waals surface area (Å²) in [4.78, 5) is 48.5. The molecular weight excluding hydrogens is 510 g/mol. The summed E-state index contributed by atoms with van der Waals surface area (Å²) in [6.45, 7) is 4.30. The molecule has 36 heavy (non-hydrogen) atoms. The zero-order valence-corrected chi connectivity index (χ0v) is 21.2.